The monoisotopic (exact) mass is 284 g/mol. The number of rotatable bonds is 3. The van der Waals surface area contributed by atoms with Crippen molar-refractivity contribution in [1.82, 2.24) is 4.90 Å². The maximum absolute atomic E-state index is 14.0. The van der Waals surface area contributed by atoms with Gasteiger partial charge in [-0.3, -0.25) is 4.90 Å². The second-order valence-electron chi connectivity index (χ2n) is 6.03. The topological polar surface area (TPSA) is 38.5 Å². The van der Waals surface area contributed by atoms with Gasteiger partial charge in [-0.05, 0) is 26.8 Å². The van der Waals surface area contributed by atoms with Crippen molar-refractivity contribution in [2.75, 3.05) is 19.6 Å². The molecule has 0 bridgehead atoms. The van der Waals surface area contributed by atoms with E-state index in [1.54, 1.807) is 0 Å². The largest absolute Gasteiger partial charge is 0.370 e. The van der Waals surface area contributed by atoms with Crippen molar-refractivity contribution < 1.29 is 13.5 Å². The zero-order valence-corrected chi connectivity index (χ0v) is 12.2. The summed E-state index contributed by atoms with van der Waals surface area (Å²) in [5.74, 6) is -1.12. The third kappa shape index (κ3) is 3.34. The Labute approximate surface area is 118 Å². The lowest BCUT2D eigenvalue weighted by Crippen LogP contribution is -2.54. The van der Waals surface area contributed by atoms with Crippen LogP contribution in [0.1, 0.15) is 32.4 Å². The molecular formula is C15H22F2N2O. The Balaban J connectivity index is 2.27. The quantitative estimate of drug-likeness (QED) is 0.926. The van der Waals surface area contributed by atoms with Crippen molar-refractivity contribution >= 4 is 0 Å². The zero-order valence-electron chi connectivity index (χ0n) is 12.2. The number of halogens is 2. The standard InChI is InChI=1S/C15H22F2N2O/c1-10-8-19(9-15(2,3)20-10)14(7-18)12-5-4-11(16)6-13(12)17/h4-6,10,14H,7-9,18H2,1-3H3. The fourth-order valence-electron chi connectivity index (χ4n) is 2.98. The highest BCUT2D eigenvalue weighted by molar-refractivity contribution is 5.23. The number of hydrogen-bond donors (Lipinski definition) is 1. The highest BCUT2D eigenvalue weighted by Crippen LogP contribution is 2.29. The molecule has 1 fully saturated rings. The van der Waals surface area contributed by atoms with Crippen molar-refractivity contribution in [2.45, 2.75) is 38.5 Å². The molecule has 5 heteroatoms. The Hall–Kier alpha value is -1.04. The van der Waals surface area contributed by atoms with E-state index in [9.17, 15) is 8.78 Å². The van der Waals surface area contributed by atoms with Crippen LogP contribution in [0.15, 0.2) is 18.2 Å². The molecule has 0 amide bonds. The van der Waals surface area contributed by atoms with Crippen molar-refractivity contribution in [3.63, 3.8) is 0 Å². The molecule has 1 aromatic carbocycles. The first-order valence-corrected chi connectivity index (χ1v) is 6.89. The van der Waals surface area contributed by atoms with E-state index < -0.39 is 11.6 Å². The van der Waals surface area contributed by atoms with Gasteiger partial charge in [-0.15, -0.1) is 0 Å². The summed E-state index contributed by atoms with van der Waals surface area (Å²) >= 11 is 0. The van der Waals surface area contributed by atoms with E-state index in [0.29, 0.717) is 18.7 Å². The van der Waals surface area contributed by atoms with Crippen LogP contribution >= 0.6 is 0 Å². The lowest BCUT2D eigenvalue weighted by Gasteiger charge is -2.45. The molecule has 2 N–H and O–H groups in total. The van der Waals surface area contributed by atoms with Crippen LogP contribution in [0.25, 0.3) is 0 Å². The second kappa shape index (κ2) is 5.76. The molecular weight excluding hydrogens is 262 g/mol. The van der Waals surface area contributed by atoms with E-state index in [1.807, 2.05) is 20.8 Å². The molecule has 1 aliphatic heterocycles. The molecule has 20 heavy (non-hydrogen) atoms. The minimum atomic E-state index is -0.572. The van der Waals surface area contributed by atoms with Crippen LogP contribution < -0.4 is 5.73 Å². The van der Waals surface area contributed by atoms with E-state index in [0.717, 1.165) is 6.07 Å². The number of ether oxygens (including phenoxy) is 1. The molecule has 0 aliphatic carbocycles. The predicted molar refractivity (Wildman–Crippen MR) is 74.4 cm³/mol. The predicted octanol–water partition coefficient (Wildman–Crippen LogP) is 2.46. The smallest absolute Gasteiger partial charge is 0.130 e. The Morgan fingerprint density at radius 2 is 2.15 bits per heavy atom. The molecule has 3 nitrogen and oxygen atoms in total. The summed E-state index contributed by atoms with van der Waals surface area (Å²) in [4.78, 5) is 2.12. The van der Waals surface area contributed by atoms with Gasteiger partial charge in [-0.1, -0.05) is 6.07 Å². The van der Waals surface area contributed by atoms with Gasteiger partial charge in [-0.25, -0.2) is 8.78 Å². The van der Waals surface area contributed by atoms with Crippen LogP contribution in [0.4, 0.5) is 8.78 Å². The fourth-order valence-corrected chi connectivity index (χ4v) is 2.98. The van der Waals surface area contributed by atoms with E-state index in [-0.39, 0.29) is 24.3 Å². The molecule has 1 saturated heterocycles. The van der Waals surface area contributed by atoms with Gasteiger partial charge in [-0.2, -0.15) is 0 Å². The number of nitrogens with two attached hydrogens (primary N) is 1. The van der Waals surface area contributed by atoms with Crippen LogP contribution in [-0.2, 0) is 4.74 Å². The van der Waals surface area contributed by atoms with Crippen molar-refractivity contribution in [3.8, 4) is 0 Å². The van der Waals surface area contributed by atoms with Crippen LogP contribution in [0.2, 0.25) is 0 Å². The average molecular weight is 284 g/mol. The minimum Gasteiger partial charge on any atom is -0.370 e. The lowest BCUT2D eigenvalue weighted by atomic mass is 9.99. The van der Waals surface area contributed by atoms with Crippen LogP contribution in [-0.4, -0.2) is 36.2 Å². The Bertz CT molecular complexity index is 479. The Morgan fingerprint density at radius 1 is 1.45 bits per heavy atom. The number of morpholine rings is 1. The molecule has 0 saturated carbocycles. The molecule has 1 aliphatic rings. The summed E-state index contributed by atoms with van der Waals surface area (Å²) in [7, 11) is 0. The zero-order chi connectivity index (χ0) is 14.9. The first-order chi connectivity index (χ1) is 9.32. The lowest BCUT2D eigenvalue weighted by molar-refractivity contribution is -0.138. The summed E-state index contributed by atoms with van der Waals surface area (Å²) in [5, 5.41) is 0. The van der Waals surface area contributed by atoms with E-state index in [4.69, 9.17) is 10.5 Å². The van der Waals surface area contributed by atoms with Crippen molar-refractivity contribution in [1.29, 1.82) is 0 Å². The second-order valence-corrected chi connectivity index (χ2v) is 6.03. The minimum absolute atomic E-state index is 0.0521. The summed E-state index contributed by atoms with van der Waals surface area (Å²) in [5.41, 5.74) is 5.97. The Kier molecular flexibility index (Phi) is 4.42. The first-order valence-electron chi connectivity index (χ1n) is 6.89. The maximum Gasteiger partial charge on any atom is 0.130 e. The normalized spacial score (nSPS) is 24.6. The Morgan fingerprint density at radius 3 is 2.70 bits per heavy atom. The summed E-state index contributed by atoms with van der Waals surface area (Å²) in [6, 6.07) is 3.40. The molecule has 1 heterocycles. The summed E-state index contributed by atoms with van der Waals surface area (Å²) in [6.45, 7) is 7.63. The van der Waals surface area contributed by atoms with Crippen molar-refractivity contribution in [3.05, 3.63) is 35.4 Å². The van der Waals surface area contributed by atoms with E-state index in [2.05, 4.69) is 4.90 Å². The average Bonchev–Trinajstić information content (AvgIpc) is 2.30. The summed E-state index contributed by atoms with van der Waals surface area (Å²) in [6.07, 6.45) is 0.0521. The fraction of sp³-hybridized carbons (Fsp3) is 0.600. The number of nitrogens with zero attached hydrogens (tertiary/aromatic N) is 1. The molecule has 0 spiro atoms. The molecule has 0 aromatic heterocycles. The number of benzene rings is 1. The van der Waals surface area contributed by atoms with Crippen LogP contribution in [0.3, 0.4) is 0 Å². The van der Waals surface area contributed by atoms with Gasteiger partial charge >= 0.3 is 0 Å². The first kappa shape index (κ1) is 15.4. The third-order valence-corrected chi connectivity index (χ3v) is 3.58. The highest BCUT2D eigenvalue weighted by Gasteiger charge is 2.35. The van der Waals surface area contributed by atoms with E-state index >= 15 is 0 Å². The third-order valence-electron chi connectivity index (χ3n) is 3.58. The molecule has 0 radical (unpaired) electrons. The van der Waals surface area contributed by atoms with Gasteiger partial charge in [0.25, 0.3) is 0 Å². The molecule has 2 atom stereocenters. The highest BCUT2D eigenvalue weighted by atomic mass is 19.1. The molecule has 112 valence electrons. The van der Waals surface area contributed by atoms with E-state index in [1.165, 1.54) is 12.1 Å². The van der Waals surface area contributed by atoms with Gasteiger partial charge in [0.2, 0.25) is 0 Å². The van der Waals surface area contributed by atoms with Gasteiger partial charge in [0.05, 0.1) is 17.7 Å². The van der Waals surface area contributed by atoms with Crippen LogP contribution in [0, 0.1) is 11.6 Å². The molecule has 1 aromatic rings. The van der Waals surface area contributed by atoms with Crippen LogP contribution in [0.5, 0.6) is 0 Å². The SMILES string of the molecule is CC1CN(C(CN)c2ccc(F)cc2F)CC(C)(C)O1. The summed E-state index contributed by atoms with van der Waals surface area (Å²) < 4.78 is 32.9. The van der Waals surface area contributed by atoms with Gasteiger partial charge in [0.1, 0.15) is 11.6 Å². The van der Waals surface area contributed by atoms with Gasteiger partial charge < -0.3 is 10.5 Å². The number of hydrogen-bond acceptors (Lipinski definition) is 3. The van der Waals surface area contributed by atoms with Crippen molar-refractivity contribution in [2.24, 2.45) is 5.73 Å². The maximum atomic E-state index is 14.0. The molecule has 2 unspecified atom stereocenters. The van der Waals surface area contributed by atoms with Gasteiger partial charge in [0, 0.05) is 31.3 Å². The van der Waals surface area contributed by atoms with Gasteiger partial charge in [0.15, 0.2) is 0 Å². The molecule has 2 rings (SSSR count).